The van der Waals surface area contributed by atoms with Crippen molar-refractivity contribution in [2.75, 3.05) is 5.75 Å². The molecule has 2 rings (SSSR count). The van der Waals surface area contributed by atoms with Gasteiger partial charge in [0.2, 0.25) is 0 Å². The highest BCUT2D eigenvalue weighted by Crippen LogP contribution is 2.35. The molecule has 0 aliphatic carbocycles. The highest BCUT2D eigenvalue weighted by atomic mass is 35.5. The molecule has 1 aliphatic heterocycles. The lowest BCUT2D eigenvalue weighted by molar-refractivity contribution is 0.534. The third-order valence-corrected chi connectivity index (χ3v) is 7.07. The maximum atomic E-state index is 12.1. The van der Waals surface area contributed by atoms with Crippen LogP contribution in [-0.2, 0) is 16.3 Å². The van der Waals surface area contributed by atoms with Gasteiger partial charge in [0.15, 0.2) is 9.84 Å². The van der Waals surface area contributed by atoms with Gasteiger partial charge in [0.05, 0.1) is 16.4 Å². The molecule has 0 radical (unpaired) electrons. The quantitative estimate of drug-likeness (QED) is 0.760. The molecule has 2 atom stereocenters. The lowest BCUT2D eigenvalue weighted by atomic mass is 10.0. The van der Waals surface area contributed by atoms with Crippen LogP contribution in [0.25, 0.3) is 0 Å². The number of aryl methyl sites for hydroxylation is 1. The van der Waals surface area contributed by atoms with Crippen LogP contribution in [0.3, 0.4) is 0 Å². The van der Waals surface area contributed by atoms with Gasteiger partial charge in [-0.25, -0.2) is 8.42 Å². The van der Waals surface area contributed by atoms with E-state index in [9.17, 15) is 8.42 Å². The van der Waals surface area contributed by atoms with Crippen molar-refractivity contribution in [3.05, 3.63) is 35.4 Å². The summed E-state index contributed by atoms with van der Waals surface area (Å²) in [6.45, 7) is 2.18. The van der Waals surface area contributed by atoms with E-state index in [-0.39, 0.29) is 5.75 Å². The lowest BCUT2D eigenvalue weighted by Gasteiger charge is -2.26. The van der Waals surface area contributed by atoms with E-state index < -0.39 is 20.5 Å². The predicted octanol–water partition coefficient (Wildman–Crippen LogP) is 4.28. The third-order valence-electron chi connectivity index (χ3n) is 4.07. The molecule has 0 N–H and O–H groups in total. The second kappa shape index (κ2) is 6.95. The first-order valence-corrected chi connectivity index (χ1v) is 9.64. The van der Waals surface area contributed by atoms with Gasteiger partial charge in [0.1, 0.15) is 0 Å². The number of hydrogen-bond acceptors (Lipinski definition) is 2. The Morgan fingerprint density at radius 3 is 2.55 bits per heavy atom. The van der Waals surface area contributed by atoms with Gasteiger partial charge < -0.3 is 0 Å². The van der Waals surface area contributed by atoms with E-state index in [0.717, 1.165) is 24.8 Å². The number of unbranched alkanes of at least 4 members (excludes halogenated alkanes) is 1. The molecule has 0 spiro atoms. The minimum Gasteiger partial charge on any atom is -0.228 e. The zero-order valence-electron chi connectivity index (χ0n) is 12.0. The Labute approximate surface area is 127 Å². The highest BCUT2D eigenvalue weighted by molar-refractivity contribution is 7.92. The van der Waals surface area contributed by atoms with E-state index >= 15 is 0 Å². The van der Waals surface area contributed by atoms with Crippen LogP contribution < -0.4 is 0 Å². The predicted molar refractivity (Wildman–Crippen MR) is 85.1 cm³/mol. The number of sulfone groups is 1. The fourth-order valence-corrected chi connectivity index (χ4v) is 5.47. The summed E-state index contributed by atoms with van der Waals surface area (Å²) in [6, 6.07) is 8.14. The normalized spacial score (nSPS) is 23.4. The van der Waals surface area contributed by atoms with E-state index in [1.165, 1.54) is 18.4 Å². The Hall–Kier alpha value is -0.540. The van der Waals surface area contributed by atoms with Crippen molar-refractivity contribution in [3.63, 3.8) is 0 Å². The zero-order chi connectivity index (χ0) is 14.6. The average Bonchev–Trinajstić information content (AvgIpc) is 2.44. The van der Waals surface area contributed by atoms with Gasteiger partial charge in [-0.2, -0.15) is 0 Å². The maximum Gasteiger partial charge on any atom is 0.154 e. The molecule has 1 aliphatic rings. The lowest BCUT2D eigenvalue weighted by Crippen LogP contribution is -2.31. The van der Waals surface area contributed by atoms with Gasteiger partial charge >= 0.3 is 0 Å². The molecular weight excluding hydrogens is 292 g/mol. The minimum absolute atomic E-state index is 0.287. The van der Waals surface area contributed by atoms with Crippen LogP contribution in [0.15, 0.2) is 24.3 Å². The van der Waals surface area contributed by atoms with Crippen LogP contribution in [0, 0.1) is 0 Å². The van der Waals surface area contributed by atoms with Crippen LogP contribution in [0.1, 0.15) is 55.5 Å². The molecule has 0 saturated carbocycles. The Balaban J connectivity index is 2.10. The van der Waals surface area contributed by atoms with Crippen molar-refractivity contribution in [3.8, 4) is 0 Å². The topological polar surface area (TPSA) is 34.1 Å². The second-order valence-corrected chi connectivity index (χ2v) is 8.46. The minimum atomic E-state index is -3.03. The van der Waals surface area contributed by atoms with Crippen molar-refractivity contribution in [1.29, 1.82) is 0 Å². The standard InChI is InChI=1S/C16H23ClO2S/c1-2-3-6-13-8-10-14(11-9-13)16(17)15-7-4-5-12-20(15,18)19/h8-11,15-16H,2-7,12H2,1H3. The molecule has 0 bridgehead atoms. The van der Waals surface area contributed by atoms with Gasteiger partial charge in [0.25, 0.3) is 0 Å². The summed E-state index contributed by atoms with van der Waals surface area (Å²) < 4.78 is 24.2. The number of halogens is 1. The number of benzene rings is 1. The van der Waals surface area contributed by atoms with E-state index in [1.54, 1.807) is 0 Å². The van der Waals surface area contributed by atoms with E-state index in [1.807, 2.05) is 12.1 Å². The Kier molecular flexibility index (Phi) is 5.50. The SMILES string of the molecule is CCCCc1ccc(C(Cl)C2CCCCS2(=O)=O)cc1. The molecule has 4 heteroatoms. The largest absolute Gasteiger partial charge is 0.228 e. The van der Waals surface area contributed by atoms with Gasteiger partial charge in [-0.3, -0.25) is 0 Å². The average molecular weight is 315 g/mol. The number of hydrogen-bond donors (Lipinski definition) is 0. The summed E-state index contributed by atoms with van der Waals surface area (Å²) in [5.74, 6) is 0.287. The van der Waals surface area contributed by atoms with E-state index in [0.29, 0.717) is 6.42 Å². The Morgan fingerprint density at radius 2 is 1.95 bits per heavy atom. The summed E-state index contributed by atoms with van der Waals surface area (Å²) in [6.07, 6.45) is 5.86. The first-order valence-electron chi connectivity index (χ1n) is 7.49. The Bertz CT molecular complexity index is 522. The highest BCUT2D eigenvalue weighted by Gasteiger charge is 2.35. The van der Waals surface area contributed by atoms with Crippen LogP contribution in [0.5, 0.6) is 0 Å². The molecule has 1 aromatic carbocycles. The third kappa shape index (κ3) is 3.76. The molecule has 1 aromatic rings. The molecule has 20 heavy (non-hydrogen) atoms. The van der Waals surface area contributed by atoms with Gasteiger partial charge in [-0.15, -0.1) is 11.6 Å². The zero-order valence-corrected chi connectivity index (χ0v) is 13.6. The molecule has 0 amide bonds. The number of alkyl halides is 1. The fraction of sp³-hybridized carbons (Fsp3) is 0.625. The van der Waals surface area contributed by atoms with Crippen molar-refractivity contribution >= 4 is 21.4 Å². The summed E-state index contributed by atoms with van der Waals surface area (Å²) in [5, 5.41) is -0.833. The van der Waals surface area contributed by atoms with Crippen LogP contribution in [-0.4, -0.2) is 19.4 Å². The van der Waals surface area contributed by atoms with E-state index in [4.69, 9.17) is 11.6 Å². The molecule has 0 aromatic heterocycles. The Morgan fingerprint density at radius 1 is 1.25 bits per heavy atom. The summed E-state index contributed by atoms with van der Waals surface area (Å²) in [7, 11) is -3.03. The first kappa shape index (κ1) is 15.8. The monoisotopic (exact) mass is 314 g/mol. The van der Waals surface area contributed by atoms with Crippen LogP contribution in [0.2, 0.25) is 0 Å². The smallest absolute Gasteiger partial charge is 0.154 e. The molecule has 2 unspecified atom stereocenters. The molecule has 2 nitrogen and oxygen atoms in total. The summed E-state index contributed by atoms with van der Waals surface area (Å²) >= 11 is 6.45. The van der Waals surface area contributed by atoms with Crippen molar-refractivity contribution < 1.29 is 8.42 Å². The second-order valence-electron chi connectivity index (χ2n) is 5.65. The van der Waals surface area contributed by atoms with E-state index in [2.05, 4.69) is 19.1 Å². The maximum absolute atomic E-state index is 12.1. The molecule has 1 heterocycles. The van der Waals surface area contributed by atoms with Crippen molar-refractivity contribution in [1.82, 2.24) is 0 Å². The van der Waals surface area contributed by atoms with Crippen LogP contribution >= 0.6 is 11.6 Å². The number of rotatable bonds is 5. The first-order chi connectivity index (χ1) is 9.54. The molecule has 1 fully saturated rings. The molecule has 112 valence electrons. The fourth-order valence-electron chi connectivity index (χ4n) is 2.77. The van der Waals surface area contributed by atoms with Gasteiger partial charge in [-0.05, 0) is 36.8 Å². The molecule has 1 saturated heterocycles. The summed E-state index contributed by atoms with van der Waals surface area (Å²) in [5.41, 5.74) is 2.23. The summed E-state index contributed by atoms with van der Waals surface area (Å²) in [4.78, 5) is 0. The van der Waals surface area contributed by atoms with Gasteiger partial charge in [0, 0.05) is 0 Å². The van der Waals surface area contributed by atoms with Crippen LogP contribution in [0.4, 0.5) is 0 Å². The van der Waals surface area contributed by atoms with Crippen molar-refractivity contribution in [2.24, 2.45) is 0 Å². The van der Waals surface area contributed by atoms with Gasteiger partial charge in [-0.1, -0.05) is 44.0 Å². The van der Waals surface area contributed by atoms with Crippen molar-refractivity contribution in [2.45, 2.75) is 56.1 Å². The molecular formula is C16H23ClO2S.